The van der Waals surface area contributed by atoms with E-state index in [1.165, 1.54) is 11.3 Å². The molecule has 1 aromatic heterocycles. The van der Waals surface area contributed by atoms with Crippen LogP contribution in [0.3, 0.4) is 0 Å². The van der Waals surface area contributed by atoms with Crippen LogP contribution in [0.4, 0.5) is 0 Å². The third-order valence-electron chi connectivity index (χ3n) is 4.24. The number of thiazole rings is 1. The summed E-state index contributed by atoms with van der Waals surface area (Å²) in [5.74, 6) is 2.01. The Hall–Kier alpha value is -1.90. The van der Waals surface area contributed by atoms with Crippen molar-refractivity contribution in [2.75, 3.05) is 32.5 Å². The number of aryl methyl sites for hydroxylation is 1. The van der Waals surface area contributed by atoms with Crippen LogP contribution >= 0.6 is 34.9 Å². The lowest BCUT2D eigenvalue weighted by molar-refractivity contribution is 0.0998. The molecule has 3 rings (SSSR count). The zero-order chi connectivity index (χ0) is 20.1. The van der Waals surface area contributed by atoms with Crippen LogP contribution in [0.5, 0.6) is 11.5 Å². The summed E-state index contributed by atoms with van der Waals surface area (Å²) in [6, 6.07) is 11.4. The SMILES string of the molecule is COc1cc2sc(=NC(=O)c3ccc(SC)cc3)n(CCSC)c2cc1OC. The molecule has 0 atom stereocenters. The molecule has 0 bridgehead atoms. The van der Waals surface area contributed by atoms with Gasteiger partial charge in [0.1, 0.15) is 0 Å². The molecule has 0 aliphatic heterocycles. The van der Waals surface area contributed by atoms with E-state index in [0.717, 1.165) is 27.4 Å². The molecule has 3 aromatic rings. The van der Waals surface area contributed by atoms with E-state index in [9.17, 15) is 4.79 Å². The number of carbonyl (C=O) groups excluding carboxylic acids is 1. The molecule has 0 aliphatic carbocycles. The minimum atomic E-state index is -0.240. The number of benzene rings is 2. The molecule has 1 heterocycles. The number of methoxy groups -OCH3 is 2. The second kappa shape index (κ2) is 9.54. The Labute approximate surface area is 176 Å². The largest absolute Gasteiger partial charge is 0.493 e. The van der Waals surface area contributed by atoms with Crippen LogP contribution < -0.4 is 14.3 Å². The van der Waals surface area contributed by atoms with E-state index >= 15 is 0 Å². The van der Waals surface area contributed by atoms with Gasteiger partial charge in [-0.2, -0.15) is 16.8 Å². The Kier molecular flexibility index (Phi) is 7.09. The van der Waals surface area contributed by atoms with E-state index < -0.39 is 0 Å². The number of aromatic nitrogens is 1. The van der Waals surface area contributed by atoms with Crippen LogP contribution in [-0.4, -0.2) is 43.0 Å². The molecule has 28 heavy (non-hydrogen) atoms. The summed E-state index contributed by atoms with van der Waals surface area (Å²) in [6.45, 7) is 0.758. The number of thioether (sulfide) groups is 2. The van der Waals surface area contributed by atoms with E-state index in [4.69, 9.17) is 9.47 Å². The maximum atomic E-state index is 12.7. The van der Waals surface area contributed by atoms with E-state index in [1.54, 1.807) is 37.7 Å². The highest BCUT2D eigenvalue weighted by Gasteiger charge is 2.13. The topological polar surface area (TPSA) is 52.8 Å². The third-order valence-corrected chi connectivity index (χ3v) is 6.62. The number of ether oxygens (including phenoxy) is 2. The number of hydrogen-bond acceptors (Lipinski definition) is 6. The fourth-order valence-electron chi connectivity index (χ4n) is 2.77. The Bertz CT molecular complexity index is 1040. The van der Waals surface area contributed by atoms with Gasteiger partial charge in [0.05, 0.1) is 24.4 Å². The van der Waals surface area contributed by atoms with Crippen LogP contribution in [0.2, 0.25) is 0 Å². The Morgan fingerprint density at radius 1 is 1.11 bits per heavy atom. The summed E-state index contributed by atoms with van der Waals surface area (Å²) < 4.78 is 13.9. The Morgan fingerprint density at radius 3 is 2.39 bits per heavy atom. The monoisotopic (exact) mass is 434 g/mol. The van der Waals surface area contributed by atoms with Crippen molar-refractivity contribution in [2.45, 2.75) is 11.4 Å². The normalized spacial score (nSPS) is 11.8. The van der Waals surface area contributed by atoms with Crippen molar-refractivity contribution in [2.24, 2.45) is 4.99 Å². The van der Waals surface area contributed by atoms with E-state index in [2.05, 4.69) is 15.8 Å². The number of rotatable bonds is 7. The molecule has 0 aliphatic rings. The Morgan fingerprint density at radius 2 is 1.79 bits per heavy atom. The van der Waals surface area contributed by atoms with E-state index in [-0.39, 0.29) is 5.91 Å². The highest BCUT2D eigenvalue weighted by atomic mass is 32.2. The molecular formula is C20H22N2O3S3. The molecule has 0 spiro atoms. The molecule has 0 radical (unpaired) electrons. The molecule has 0 saturated heterocycles. The van der Waals surface area contributed by atoms with Gasteiger partial charge < -0.3 is 14.0 Å². The van der Waals surface area contributed by atoms with Gasteiger partial charge >= 0.3 is 0 Å². The molecule has 148 valence electrons. The van der Waals surface area contributed by atoms with Crippen molar-refractivity contribution in [1.82, 2.24) is 4.57 Å². The second-order valence-corrected chi connectivity index (χ2v) is 8.72. The van der Waals surface area contributed by atoms with Crippen molar-refractivity contribution in [1.29, 1.82) is 0 Å². The second-order valence-electron chi connectivity index (χ2n) is 5.85. The molecule has 0 N–H and O–H groups in total. The first kappa shape index (κ1) is 20.8. The van der Waals surface area contributed by atoms with Gasteiger partial charge in [0.25, 0.3) is 5.91 Å². The average molecular weight is 435 g/mol. The molecule has 2 aromatic carbocycles. The quantitative estimate of drug-likeness (QED) is 0.511. The number of hydrogen-bond donors (Lipinski definition) is 0. The van der Waals surface area contributed by atoms with E-state index in [0.29, 0.717) is 21.9 Å². The van der Waals surface area contributed by atoms with Gasteiger partial charge in [-0.25, -0.2) is 0 Å². The number of fused-ring (bicyclic) bond motifs is 1. The van der Waals surface area contributed by atoms with Gasteiger partial charge in [-0.1, -0.05) is 11.3 Å². The zero-order valence-corrected chi connectivity index (χ0v) is 18.7. The van der Waals surface area contributed by atoms with Crippen molar-refractivity contribution in [3.63, 3.8) is 0 Å². The first-order chi connectivity index (χ1) is 13.6. The van der Waals surface area contributed by atoms with Gasteiger partial charge in [0.2, 0.25) is 0 Å². The number of carbonyl (C=O) groups is 1. The molecule has 8 heteroatoms. The fourth-order valence-corrected chi connectivity index (χ4v) is 4.60. The highest BCUT2D eigenvalue weighted by Crippen LogP contribution is 2.33. The molecule has 5 nitrogen and oxygen atoms in total. The molecule has 0 fully saturated rings. The van der Waals surface area contributed by atoms with Crippen molar-refractivity contribution in [3.05, 3.63) is 46.8 Å². The molecular weight excluding hydrogens is 412 g/mol. The maximum Gasteiger partial charge on any atom is 0.279 e. The Balaban J connectivity index is 2.11. The first-order valence-electron chi connectivity index (χ1n) is 8.58. The highest BCUT2D eigenvalue weighted by molar-refractivity contribution is 7.98. The van der Waals surface area contributed by atoms with Crippen molar-refractivity contribution >= 4 is 51.0 Å². The fraction of sp³-hybridized carbons (Fsp3) is 0.300. The van der Waals surface area contributed by atoms with Crippen LogP contribution in [-0.2, 0) is 6.54 Å². The lowest BCUT2D eigenvalue weighted by Crippen LogP contribution is -2.18. The summed E-state index contributed by atoms with van der Waals surface area (Å²) in [5.41, 5.74) is 1.57. The smallest absolute Gasteiger partial charge is 0.279 e. The number of amides is 1. The third kappa shape index (κ3) is 4.39. The lowest BCUT2D eigenvalue weighted by atomic mass is 10.2. The standard InChI is InChI=1S/C20H22N2O3S3/c1-24-16-11-15-18(12-17(16)25-2)28-20(22(15)9-10-26-3)21-19(23)13-5-7-14(27-4)8-6-13/h5-8,11-12H,9-10H2,1-4H3. The summed E-state index contributed by atoms with van der Waals surface area (Å²) in [4.78, 5) is 19.0. The lowest BCUT2D eigenvalue weighted by Gasteiger charge is -2.09. The number of nitrogens with zero attached hydrogens (tertiary/aromatic N) is 2. The van der Waals surface area contributed by atoms with Gasteiger partial charge in [-0.05, 0) is 36.8 Å². The summed E-state index contributed by atoms with van der Waals surface area (Å²) >= 11 is 4.88. The zero-order valence-electron chi connectivity index (χ0n) is 16.2. The minimum Gasteiger partial charge on any atom is -0.493 e. The molecule has 0 saturated carbocycles. The minimum absolute atomic E-state index is 0.240. The molecule has 0 unspecified atom stereocenters. The first-order valence-corrected chi connectivity index (χ1v) is 12.0. The van der Waals surface area contributed by atoms with Crippen LogP contribution in [0, 0.1) is 0 Å². The summed E-state index contributed by atoms with van der Waals surface area (Å²) in [6.07, 6.45) is 4.07. The van der Waals surface area contributed by atoms with Crippen LogP contribution in [0.1, 0.15) is 10.4 Å². The predicted molar refractivity (Wildman–Crippen MR) is 119 cm³/mol. The maximum absolute atomic E-state index is 12.7. The predicted octanol–water partition coefficient (Wildman–Crippen LogP) is 4.55. The van der Waals surface area contributed by atoms with Crippen molar-refractivity contribution in [3.8, 4) is 11.5 Å². The van der Waals surface area contributed by atoms with Crippen LogP contribution in [0.25, 0.3) is 10.2 Å². The summed E-state index contributed by atoms with van der Waals surface area (Å²) in [7, 11) is 3.24. The van der Waals surface area contributed by atoms with Gasteiger partial charge in [-0.3, -0.25) is 4.79 Å². The summed E-state index contributed by atoms with van der Waals surface area (Å²) in [5, 5.41) is 0. The van der Waals surface area contributed by atoms with E-state index in [1.807, 2.05) is 42.7 Å². The van der Waals surface area contributed by atoms with Crippen molar-refractivity contribution < 1.29 is 14.3 Å². The average Bonchev–Trinajstić information content (AvgIpc) is 3.06. The van der Waals surface area contributed by atoms with Gasteiger partial charge in [-0.15, -0.1) is 11.8 Å². The van der Waals surface area contributed by atoms with Crippen LogP contribution in [0.15, 0.2) is 46.3 Å². The molecule has 1 amide bonds. The van der Waals surface area contributed by atoms with Gasteiger partial charge in [0, 0.05) is 34.9 Å². The van der Waals surface area contributed by atoms with Gasteiger partial charge in [0.15, 0.2) is 16.3 Å².